The number of rotatable bonds is 5. The average molecular weight is 283 g/mol. The third-order valence-electron chi connectivity index (χ3n) is 2.84. The first-order valence-electron chi connectivity index (χ1n) is 6.68. The molecular formula is C17H17NO3. The van der Waals surface area contributed by atoms with E-state index in [1.54, 1.807) is 38.4 Å². The molecule has 0 aromatic heterocycles. The summed E-state index contributed by atoms with van der Waals surface area (Å²) in [7, 11) is 1.63. The first-order valence-corrected chi connectivity index (χ1v) is 6.68. The first-order chi connectivity index (χ1) is 10.2. The molecule has 0 heterocycles. The predicted octanol–water partition coefficient (Wildman–Crippen LogP) is 3.62. The van der Waals surface area contributed by atoms with Crippen molar-refractivity contribution in [2.75, 3.05) is 13.7 Å². The normalized spacial score (nSPS) is 10.6. The zero-order chi connectivity index (χ0) is 15.1. The van der Waals surface area contributed by atoms with Gasteiger partial charge in [-0.2, -0.15) is 0 Å². The van der Waals surface area contributed by atoms with Gasteiger partial charge in [-0.3, -0.25) is 4.99 Å². The Kier molecular flexibility index (Phi) is 5.10. The Morgan fingerprint density at radius 2 is 1.95 bits per heavy atom. The van der Waals surface area contributed by atoms with Crippen LogP contribution in [-0.4, -0.2) is 25.9 Å². The molecule has 21 heavy (non-hydrogen) atoms. The maximum absolute atomic E-state index is 11.7. The number of nitrogens with zero attached hydrogens (tertiary/aromatic N) is 1. The Balaban J connectivity index is 2.13. The lowest BCUT2D eigenvalue weighted by Crippen LogP contribution is -2.03. The van der Waals surface area contributed by atoms with Crippen molar-refractivity contribution in [2.24, 2.45) is 4.99 Å². The standard InChI is InChI=1S/C17H17NO3/c1-3-21-17(19)14-5-4-6-15(11-14)18-12-13-7-9-16(20-2)10-8-13/h4-12H,3H2,1-2H3. The van der Waals surface area contributed by atoms with Gasteiger partial charge in [-0.1, -0.05) is 6.07 Å². The number of hydrogen-bond acceptors (Lipinski definition) is 4. The fourth-order valence-electron chi connectivity index (χ4n) is 1.77. The van der Waals surface area contributed by atoms with Gasteiger partial charge >= 0.3 is 5.97 Å². The minimum atomic E-state index is -0.334. The van der Waals surface area contributed by atoms with Crippen LogP contribution < -0.4 is 4.74 Å². The van der Waals surface area contributed by atoms with Crippen LogP contribution in [0.15, 0.2) is 53.5 Å². The van der Waals surface area contributed by atoms with Crippen LogP contribution in [0.4, 0.5) is 5.69 Å². The number of esters is 1. The Morgan fingerprint density at radius 1 is 1.19 bits per heavy atom. The average Bonchev–Trinajstić information content (AvgIpc) is 2.54. The van der Waals surface area contributed by atoms with Crippen molar-refractivity contribution in [3.63, 3.8) is 0 Å². The van der Waals surface area contributed by atoms with E-state index in [2.05, 4.69) is 4.99 Å². The van der Waals surface area contributed by atoms with Crippen LogP contribution in [0.2, 0.25) is 0 Å². The van der Waals surface area contributed by atoms with Gasteiger partial charge in [0.05, 0.1) is 25.0 Å². The van der Waals surface area contributed by atoms with E-state index in [1.807, 2.05) is 30.3 Å². The molecule has 4 nitrogen and oxygen atoms in total. The van der Waals surface area contributed by atoms with E-state index in [0.717, 1.165) is 11.3 Å². The lowest BCUT2D eigenvalue weighted by Gasteiger charge is -2.02. The molecule has 0 saturated heterocycles. The Labute approximate surface area is 124 Å². The van der Waals surface area contributed by atoms with Crippen molar-refractivity contribution in [1.29, 1.82) is 0 Å². The molecule has 0 fully saturated rings. The second-order valence-electron chi connectivity index (χ2n) is 4.30. The van der Waals surface area contributed by atoms with Gasteiger partial charge in [0.1, 0.15) is 5.75 Å². The highest BCUT2D eigenvalue weighted by Crippen LogP contribution is 2.16. The minimum Gasteiger partial charge on any atom is -0.497 e. The molecule has 0 N–H and O–H groups in total. The van der Waals surface area contributed by atoms with Crippen LogP contribution in [-0.2, 0) is 4.74 Å². The monoisotopic (exact) mass is 283 g/mol. The highest BCUT2D eigenvalue weighted by atomic mass is 16.5. The van der Waals surface area contributed by atoms with Gasteiger partial charge in [-0.25, -0.2) is 4.79 Å². The summed E-state index contributed by atoms with van der Waals surface area (Å²) in [6.07, 6.45) is 1.74. The lowest BCUT2D eigenvalue weighted by molar-refractivity contribution is 0.0526. The molecule has 0 unspecified atom stereocenters. The molecule has 2 aromatic rings. The Morgan fingerprint density at radius 3 is 2.62 bits per heavy atom. The number of carbonyl (C=O) groups is 1. The quantitative estimate of drug-likeness (QED) is 0.622. The van der Waals surface area contributed by atoms with E-state index in [9.17, 15) is 4.79 Å². The predicted molar refractivity (Wildman–Crippen MR) is 82.6 cm³/mol. The minimum absolute atomic E-state index is 0.334. The number of carbonyl (C=O) groups excluding carboxylic acids is 1. The fourth-order valence-corrected chi connectivity index (χ4v) is 1.77. The van der Waals surface area contributed by atoms with Crippen LogP contribution in [0.1, 0.15) is 22.8 Å². The largest absolute Gasteiger partial charge is 0.497 e. The number of aliphatic imine (C=N–C) groups is 1. The third kappa shape index (κ3) is 4.18. The summed E-state index contributed by atoms with van der Waals surface area (Å²) < 4.78 is 10.1. The summed E-state index contributed by atoms with van der Waals surface area (Å²) >= 11 is 0. The van der Waals surface area contributed by atoms with E-state index in [0.29, 0.717) is 17.9 Å². The van der Waals surface area contributed by atoms with Gasteiger partial charge in [0.25, 0.3) is 0 Å². The molecule has 0 amide bonds. The van der Waals surface area contributed by atoms with Crippen molar-refractivity contribution in [3.8, 4) is 5.75 Å². The molecular weight excluding hydrogens is 266 g/mol. The summed E-state index contributed by atoms with van der Waals surface area (Å²) in [5.74, 6) is 0.468. The molecule has 2 aromatic carbocycles. The molecule has 0 bridgehead atoms. The van der Waals surface area contributed by atoms with Crippen molar-refractivity contribution >= 4 is 17.9 Å². The third-order valence-corrected chi connectivity index (χ3v) is 2.84. The van der Waals surface area contributed by atoms with Crippen LogP contribution in [0.3, 0.4) is 0 Å². The molecule has 108 valence electrons. The smallest absolute Gasteiger partial charge is 0.338 e. The summed E-state index contributed by atoms with van der Waals surface area (Å²) in [5.41, 5.74) is 2.16. The first kappa shape index (κ1) is 14.8. The van der Waals surface area contributed by atoms with Crippen LogP contribution in [0.5, 0.6) is 5.75 Å². The second-order valence-corrected chi connectivity index (χ2v) is 4.30. The number of methoxy groups -OCH3 is 1. The van der Waals surface area contributed by atoms with Gasteiger partial charge in [0, 0.05) is 6.21 Å². The summed E-state index contributed by atoms with van der Waals surface area (Å²) in [4.78, 5) is 16.0. The van der Waals surface area contributed by atoms with Crippen molar-refractivity contribution in [3.05, 3.63) is 59.7 Å². The zero-order valence-electron chi connectivity index (χ0n) is 12.1. The molecule has 0 spiro atoms. The van der Waals surface area contributed by atoms with E-state index in [-0.39, 0.29) is 5.97 Å². The number of benzene rings is 2. The Bertz CT molecular complexity index is 633. The Hall–Kier alpha value is -2.62. The molecule has 0 radical (unpaired) electrons. The van der Waals surface area contributed by atoms with Gasteiger partial charge in [0.2, 0.25) is 0 Å². The van der Waals surface area contributed by atoms with Gasteiger partial charge in [0.15, 0.2) is 0 Å². The van der Waals surface area contributed by atoms with Crippen molar-refractivity contribution in [2.45, 2.75) is 6.92 Å². The topological polar surface area (TPSA) is 47.9 Å². The van der Waals surface area contributed by atoms with Crippen LogP contribution in [0, 0.1) is 0 Å². The maximum Gasteiger partial charge on any atom is 0.338 e. The molecule has 2 rings (SSSR count). The molecule has 4 heteroatoms. The van der Waals surface area contributed by atoms with Gasteiger partial charge in [-0.15, -0.1) is 0 Å². The lowest BCUT2D eigenvalue weighted by atomic mass is 10.2. The van der Waals surface area contributed by atoms with Gasteiger partial charge in [-0.05, 0) is 55.0 Å². The highest BCUT2D eigenvalue weighted by Gasteiger charge is 2.05. The van der Waals surface area contributed by atoms with Crippen LogP contribution in [0.25, 0.3) is 0 Å². The zero-order valence-corrected chi connectivity index (χ0v) is 12.1. The molecule has 0 atom stereocenters. The van der Waals surface area contributed by atoms with E-state index in [1.165, 1.54) is 0 Å². The van der Waals surface area contributed by atoms with E-state index < -0.39 is 0 Å². The molecule has 0 aliphatic rings. The van der Waals surface area contributed by atoms with Crippen LogP contribution >= 0.6 is 0 Å². The van der Waals surface area contributed by atoms with Crippen molar-refractivity contribution in [1.82, 2.24) is 0 Å². The highest BCUT2D eigenvalue weighted by molar-refractivity contribution is 5.91. The molecule has 0 aliphatic heterocycles. The molecule has 0 saturated carbocycles. The molecule has 0 aliphatic carbocycles. The summed E-state index contributed by atoms with van der Waals surface area (Å²) in [5, 5.41) is 0. The number of ether oxygens (including phenoxy) is 2. The maximum atomic E-state index is 11.7. The summed E-state index contributed by atoms with van der Waals surface area (Å²) in [6, 6.07) is 14.6. The SMILES string of the molecule is CCOC(=O)c1cccc(N=Cc2ccc(OC)cc2)c1. The second kappa shape index (κ2) is 7.24. The number of hydrogen-bond donors (Lipinski definition) is 0. The van der Waals surface area contributed by atoms with E-state index in [4.69, 9.17) is 9.47 Å². The summed E-state index contributed by atoms with van der Waals surface area (Å²) in [6.45, 7) is 2.14. The van der Waals surface area contributed by atoms with E-state index >= 15 is 0 Å². The van der Waals surface area contributed by atoms with Gasteiger partial charge < -0.3 is 9.47 Å². The van der Waals surface area contributed by atoms with Crippen molar-refractivity contribution < 1.29 is 14.3 Å². The fraction of sp³-hybridized carbons (Fsp3) is 0.176.